The zero-order valence-electron chi connectivity index (χ0n) is 12.4. The maximum absolute atomic E-state index is 6.24. The standard InChI is InChI=1S/C16H25BrN2O/c1-12(18)16(14-4-3-5-15(17)10-14)19(2)11-13-6-8-20-9-7-13/h3-5,10,12-13,16H,6-9,11,18H2,1-2H3. The van der Waals surface area contributed by atoms with Crippen molar-refractivity contribution in [3.63, 3.8) is 0 Å². The summed E-state index contributed by atoms with van der Waals surface area (Å²) < 4.78 is 6.55. The lowest BCUT2D eigenvalue weighted by molar-refractivity contribution is 0.0487. The fourth-order valence-electron chi connectivity index (χ4n) is 3.10. The third kappa shape index (κ3) is 4.29. The highest BCUT2D eigenvalue weighted by Gasteiger charge is 2.24. The average molecular weight is 341 g/mol. The van der Waals surface area contributed by atoms with Crippen LogP contribution in [0.15, 0.2) is 28.7 Å². The van der Waals surface area contributed by atoms with E-state index in [1.807, 2.05) is 0 Å². The Kier molecular flexibility index (Phi) is 6.02. The molecule has 2 N–H and O–H groups in total. The summed E-state index contributed by atoms with van der Waals surface area (Å²) in [4.78, 5) is 2.41. The Morgan fingerprint density at radius 2 is 2.10 bits per heavy atom. The normalized spacial score (nSPS) is 20.1. The van der Waals surface area contributed by atoms with Crippen LogP contribution in [0.5, 0.6) is 0 Å². The molecule has 0 amide bonds. The minimum absolute atomic E-state index is 0.106. The van der Waals surface area contributed by atoms with Crippen LogP contribution in [-0.2, 0) is 4.74 Å². The van der Waals surface area contributed by atoms with E-state index in [1.165, 1.54) is 5.56 Å². The van der Waals surface area contributed by atoms with Gasteiger partial charge >= 0.3 is 0 Å². The van der Waals surface area contributed by atoms with E-state index in [1.54, 1.807) is 0 Å². The maximum atomic E-state index is 6.24. The van der Waals surface area contributed by atoms with Crippen LogP contribution in [0.3, 0.4) is 0 Å². The molecule has 0 aromatic heterocycles. The van der Waals surface area contributed by atoms with Gasteiger partial charge in [0.25, 0.3) is 0 Å². The second kappa shape index (κ2) is 7.55. The van der Waals surface area contributed by atoms with Crippen molar-refractivity contribution in [2.45, 2.75) is 31.8 Å². The number of hydrogen-bond acceptors (Lipinski definition) is 3. The highest BCUT2D eigenvalue weighted by atomic mass is 79.9. The third-order valence-electron chi connectivity index (χ3n) is 4.05. The lowest BCUT2D eigenvalue weighted by atomic mass is 9.95. The molecule has 0 radical (unpaired) electrons. The number of ether oxygens (including phenoxy) is 1. The van der Waals surface area contributed by atoms with Gasteiger partial charge in [-0.3, -0.25) is 4.90 Å². The van der Waals surface area contributed by atoms with Gasteiger partial charge in [0.05, 0.1) is 0 Å². The second-order valence-corrected chi connectivity index (χ2v) is 6.77. The first-order valence-corrected chi connectivity index (χ1v) is 8.16. The third-order valence-corrected chi connectivity index (χ3v) is 4.54. The molecule has 1 aliphatic rings. The molecular formula is C16H25BrN2O. The highest BCUT2D eigenvalue weighted by molar-refractivity contribution is 9.10. The predicted octanol–water partition coefficient (Wildman–Crippen LogP) is 3.20. The Hall–Kier alpha value is -0.420. The summed E-state index contributed by atoms with van der Waals surface area (Å²) in [5, 5.41) is 0. The number of nitrogens with two attached hydrogens (primary N) is 1. The van der Waals surface area contributed by atoms with Crippen LogP contribution in [0, 0.1) is 5.92 Å². The fraction of sp³-hybridized carbons (Fsp3) is 0.625. The number of benzene rings is 1. The van der Waals surface area contributed by atoms with Gasteiger partial charge in [0.15, 0.2) is 0 Å². The number of rotatable bonds is 5. The van der Waals surface area contributed by atoms with Crippen molar-refractivity contribution in [3.05, 3.63) is 34.3 Å². The van der Waals surface area contributed by atoms with Gasteiger partial charge in [-0.25, -0.2) is 0 Å². The van der Waals surface area contributed by atoms with Gasteiger partial charge in [0, 0.05) is 36.3 Å². The largest absolute Gasteiger partial charge is 0.381 e. The molecular weight excluding hydrogens is 316 g/mol. The van der Waals surface area contributed by atoms with Crippen LogP contribution in [0.4, 0.5) is 0 Å². The van der Waals surface area contributed by atoms with E-state index in [-0.39, 0.29) is 12.1 Å². The summed E-state index contributed by atoms with van der Waals surface area (Å²) >= 11 is 3.55. The molecule has 0 spiro atoms. The van der Waals surface area contributed by atoms with Gasteiger partial charge in [0.1, 0.15) is 0 Å². The highest BCUT2D eigenvalue weighted by Crippen LogP contribution is 2.27. The Morgan fingerprint density at radius 1 is 1.40 bits per heavy atom. The molecule has 1 heterocycles. The first-order chi connectivity index (χ1) is 9.58. The van der Waals surface area contributed by atoms with Crippen LogP contribution < -0.4 is 5.73 Å². The van der Waals surface area contributed by atoms with Gasteiger partial charge in [-0.15, -0.1) is 0 Å². The molecule has 3 nitrogen and oxygen atoms in total. The Balaban J connectivity index is 2.07. The summed E-state index contributed by atoms with van der Waals surface area (Å²) in [6, 6.07) is 8.84. The van der Waals surface area contributed by atoms with Gasteiger partial charge < -0.3 is 10.5 Å². The average Bonchev–Trinajstić information content (AvgIpc) is 2.39. The number of halogens is 1. The van der Waals surface area contributed by atoms with E-state index in [2.05, 4.69) is 59.1 Å². The minimum atomic E-state index is 0.106. The van der Waals surface area contributed by atoms with E-state index in [0.717, 1.165) is 43.0 Å². The smallest absolute Gasteiger partial charge is 0.0494 e. The molecule has 1 aliphatic heterocycles. The van der Waals surface area contributed by atoms with Crippen LogP contribution in [0.2, 0.25) is 0 Å². The Labute approximate surface area is 130 Å². The first-order valence-electron chi connectivity index (χ1n) is 7.37. The lowest BCUT2D eigenvalue weighted by Gasteiger charge is -2.35. The molecule has 0 aliphatic carbocycles. The monoisotopic (exact) mass is 340 g/mol. The van der Waals surface area contributed by atoms with Crippen molar-refractivity contribution >= 4 is 15.9 Å². The van der Waals surface area contributed by atoms with Crippen molar-refractivity contribution in [2.24, 2.45) is 11.7 Å². The zero-order valence-corrected chi connectivity index (χ0v) is 14.0. The molecule has 1 fully saturated rings. The van der Waals surface area contributed by atoms with Gasteiger partial charge in [0.2, 0.25) is 0 Å². The van der Waals surface area contributed by atoms with Crippen molar-refractivity contribution in [1.82, 2.24) is 4.90 Å². The minimum Gasteiger partial charge on any atom is -0.381 e. The molecule has 4 heteroatoms. The van der Waals surface area contributed by atoms with E-state index >= 15 is 0 Å². The summed E-state index contributed by atoms with van der Waals surface area (Å²) in [5.74, 6) is 0.724. The second-order valence-electron chi connectivity index (χ2n) is 5.85. The van der Waals surface area contributed by atoms with E-state index in [9.17, 15) is 0 Å². The van der Waals surface area contributed by atoms with E-state index in [0.29, 0.717) is 0 Å². The number of nitrogens with zero attached hydrogens (tertiary/aromatic N) is 1. The zero-order chi connectivity index (χ0) is 14.5. The first kappa shape index (κ1) is 16.0. The van der Waals surface area contributed by atoms with Crippen LogP contribution in [0.25, 0.3) is 0 Å². The van der Waals surface area contributed by atoms with Gasteiger partial charge in [-0.2, -0.15) is 0 Å². The van der Waals surface area contributed by atoms with Crippen molar-refractivity contribution in [1.29, 1.82) is 0 Å². The van der Waals surface area contributed by atoms with E-state index < -0.39 is 0 Å². The Bertz CT molecular complexity index is 419. The molecule has 2 atom stereocenters. The number of hydrogen-bond donors (Lipinski definition) is 1. The quantitative estimate of drug-likeness (QED) is 0.894. The Morgan fingerprint density at radius 3 is 2.70 bits per heavy atom. The van der Waals surface area contributed by atoms with Crippen LogP contribution in [-0.4, -0.2) is 37.7 Å². The summed E-state index contributed by atoms with van der Waals surface area (Å²) in [6.45, 7) is 4.98. The van der Waals surface area contributed by atoms with Crippen LogP contribution >= 0.6 is 15.9 Å². The molecule has 1 aromatic carbocycles. The summed E-state index contributed by atoms with van der Waals surface area (Å²) in [7, 11) is 2.18. The van der Waals surface area contributed by atoms with Crippen LogP contribution in [0.1, 0.15) is 31.4 Å². The molecule has 0 bridgehead atoms. The summed E-state index contributed by atoms with van der Waals surface area (Å²) in [5.41, 5.74) is 7.52. The molecule has 1 saturated heterocycles. The van der Waals surface area contributed by atoms with Crippen molar-refractivity contribution in [3.8, 4) is 0 Å². The predicted molar refractivity (Wildman–Crippen MR) is 86.7 cm³/mol. The molecule has 2 unspecified atom stereocenters. The topological polar surface area (TPSA) is 38.5 Å². The van der Waals surface area contributed by atoms with Gasteiger partial charge in [-0.1, -0.05) is 28.1 Å². The molecule has 1 aromatic rings. The SMILES string of the molecule is CC(N)C(c1cccc(Br)c1)N(C)CC1CCOCC1. The maximum Gasteiger partial charge on any atom is 0.0494 e. The summed E-state index contributed by atoms with van der Waals surface area (Å²) in [6.07, 6.45) is 2.32. The number of likely N-dealkylation sites (N-methyl/N-ethyl adjacent to an activating group) is 1. The van der Waals surface area contributed by atoms with Gasteiger partial charge in [-0.05, 0) is 50.4 Å². The van der Waals surface area contributed by atoms with Crippen molar-refractivity contribution < 1.29 is 4.74 Å². The molecule has 0 saturated carbocycles. The molecule has 112 valence electrons. The fourth-order valence-corrected chi connectivity index (χ4v) is 3.52. The van der Waals surface area contributed by atoms with Crippen molar-refractivity contribution in [2.75, 3.05) is 26.8 Å². The molecule has 20 heavy (non-hydrogen) atoms. The lowest BCUT2D eigenvalue weighted by Crippen LogP contribution is -2.40. The molecule has 2 rings (SSSR count). The van der Waals surface area contributed by atoms with E-state index in [4.69, 9.17) is 10.5 Å².